The van der Waals surface area contributed by atoms with Crippen LogP contribution in [-0.2, 0) is 6.42 Å². The lowest BCUT2D eigenvalue weighted by molar-refractivity contribution is 0.587. The Morgan fingerprint density at radius 2 is 2.00 bits per heavy atom. The fourth-order valence-electron chi connectivity index (χ4n) is 1.63. The van der Waals surface area contributed by atoms with Crippen LogP contribution < -0.4 is 5.73 Å². The second-order valence-electron chi connectivity index (χ2n) is 4.06. The summed E-state index contributed by atoms with van der Waals surface area (Å²) < 4.78 is 13.5. The van der Waals surface area contributed by atoms with Gasteiger partial charge in [0.05, 0.1) is 0 Å². The van der Waals surface area contributed by atoms with E-state index in [1.54, 1.807) is 6.07 Å². The molecule has 0 saturated carbocycles. The molecule has 78 valence electrons. The van der Waals surface area contributed by atoms with Crippen LogP contribution in [0, 0.1) is 19.7 Å². The van der Waals surface area contributed by atoms with E-state index >= 15 is 0 Å². The van der Waals surface area contributed by atoms with Gasteiger partial charge in [0.15, 0.2) is 0 Å². The Morgan fingerprint density at radius 1 is 1.36 bits per heavy atom. The normalized spacial score (nSPS) is 12.9. The number of hydrogen-bond acceptors (Lipinski definition) is 1. The van der Waals surface area contributed by atoms with Crippen molar-refractivity contribution in [3.8, 4) is 0 Å². The number of benzene rings is 1. The molecule has 0 spiro atoms. The van der Waals surface area contributed by atoms with Crippen LogP contribution in [0.15, 0.2) is 12.1 Å². The Hall–Kier alpha value is -0.890. The number of halogens is 1. The molecule has 14 heavy (non-hydrogen) atoms. The van der Waals surface area contributed by atoms with E-state index in [2.05, 4.69) is 0 Å². The summed E-state index contributed by atoms with van der Waals surface area (Å²) in [6.07, 6.45) is 1.57. The highest BCUT2D eigenvalue weighted by Gasteiger charge is 2.07. The maximum atomic E-state index is 13.5. The molecule has 1 atom stereocenters. The summed E-state index contributed by atoms with van der Waals surface area (Å²) in [6.45, 7) is 5.81. The van der Waals surface area contributed by atoms with Crippen LogP contribution in [0.3, 0.4) is 0 Å². The summed E-state index contributed by atoms with van der Waals surface area (Å²) in [5.74, 6) is -0.0943. The van der Waals surface area contributed by atoms with Crippen molar-refractivity contribution in [2.75, 3.05) is 0 Å². The van der Waals surface area contributed by atoms with Crippen molar-refractivity contribution in [3.05, 3.63) is 34.6 Å². The second kappa shape index (κ2) is 4.56. The first-order valence-electron chi connectivity index (χ1n) is 5.02. The number of nitrogens with two attached hydrogens (primary N) is 1. The number of rotatable bonds is 3. The molecule has 0 heterocycles. The second-order valence-corrected chi connectivity index (χ2v) is 4.06. The van der Waals surface area contributed by atoms with E-state index in [1.807, 2.05) is 26.8 Å². The molecule has 1 unspecified atom stereocenters. The number of hydrogen-bond donors (Lipinski definition) is 1. The Kier molecular flexibility index (Phi) is 3.64. The van der Waals surface area contributed by atoms with E-state index in [-0.39, 0.29) is 11.9 Å². The lowest BCUT2D eigenvalue weighted by Crippen LogP contribution is -2.16. The van der Waals surface area contributed by atoms with E-state index in [9.17, 15) is 4.39 Å². The van der Waals surface area contributed by atoms with Crippen molar-refractivity contribution >= 4 is 0 Å². The molecule has 1 nitrogen and oxygen atoms in total. The van der Waals surface area contributed by atoms with Gasteiger partial charge in [-0.3, -0.25) is 0 Å². The predicted octanol–water partition coefficient (Wildman–Crippen LogP) is 2.72. The maximum Gasteiger partial charge on any atom is 0.126 e. The van der Waals surface area contributed by atoms with E-state index in [1.165, 1.54) is 0 Å². The minimum atomic E-state index is -0.0943. The van der Waals surface area contributed by atoms with E-state index in [0.717, 1.165) is 29.5 Å². The summed E-state index contributed by atoms with van der Waals surface area (Å²) >= 11 is 0. The van der Waals surface area contributed by atoms with Gasteiger partial charge in [-0.15, -0.1) is 0 Å². The highest BCUT2D eigenvalue weighted by molar-refractivity contribution is 5.32. The fraction of sp³-hybridized carbons (Fsp3) is 0.500. The molecule has 2 heteroatoms. The average molecular weight is 195 g/mol. The Labute approximate surface area is 85.1 Å². The van der Waals surface area contributed by atoms with Crippen LogP contribution in [0.4, 0.5) is 4.39 Å². The number of aryl methyl sites for hydroxylation is 2. The minimum absolute atomic E-state index is 0.0943. The van der Waals surface area contributed by atoms with Crippen LogP contribution in [0.5, 0.6) is 0 Å². The van der Waals surface area contributed by atoms with Gasteiger partial charge < -0.3 is 5.73 Å². The molecule has 1 aromatic carbocycles. The standard InChI is InChI=1S/C12H18FN/c1-8-6-9(2)11(12(13)7-8)5-4-10(3)14/h6-7,10H,4-5,14H2,1-3H3. The fourth-order valence-corrected chi connectivity index (χ4v) is 1.63. The SMILES string of the molecule is Cc1cc(C)c(CCC(C)N)c(F)c1. The van der Waals surface area contributed by atoms with Crippen molar-refractivity contribution in [3.63, 3.8) is 0 Å². The van der Waals surface area contributed by atoms with Gasteiger partial charge in [-0.1, -0.05) is 6.07 Å². The van der Waals surface area contributed by atoms with Crippen molar-refractivity contribution in [1.82, 2.24) is 0 Å². The predicted molar refractivity (Wildman–Crippen MR) is 57.8 cm³/mol. The lowest BCUT2D eigenvalue weighted by atomic mass is 9.99. The first kappa shape index (κ1) is 11.2. The molecule has 0 aliphatic heterocycles. The van der Waals surface area contributed by atoms with Crippen molar-refractivity contribution < 1.29 is 4.39 Å². The summed E-state index contributed by atoms with van der Waals surface area (Å²) in [6, 6.07) is 3.73. The zero-order chi connectivity index (χ0) is 10.7. The molecule has 1 rings (SSSR count). The third-order valence-corrected chi connectivity index (χ3v) is 2.41. The minimum Gasteiger partial charge on any atom is -0.328 e. The van der Waals surface area contributed by atoms with Crippen molar-refractivity contribution in [2.45, 2.75) is 39.7 Å². The molecular weight excluding hydrogens is 177 g/mol. The maximum absolute atomic E-state index is 13.5. The third-order valence-electron chi connectivity index (χ3n) is 2.41. The van der Waals surface area contributed by atoms with Crippen LogP contribution in [0.25, 0.3) is 0 Å². The Bertz CT molecular complexity index is 295. The third kappa shape index (κ3) is 2.81. The van der Waals surface area contributed by atoms with Gasteiger partial charge in [-0.2, -0.15) is 0 Å². The Balaban J connectivity index is 2.86. The summed E-state index contributed by atoms with van der Waals surface area (Å²) in [5.41, 5.74) is 8.47. The molecule has 0 aliphatic carbocycles. The van der Waals surface area contributed by atoms with E-state index in [0.29, 0.717) is 0 Å². The summed E-state index contributed by atoms with van der Waals surface area (Å²) in [7, 11) is 0. The molecule has 2 N–H and O–H groups in total. The van der Waals surface area contributed by atoms with Gasteiger partial charge in [0, 0.05) is 6.04 Å². The van der Waals surface area contributed by atoms with Gasteiger partial charge in [-0.25, -0.2) is 4.39 Å². The average Bonchev–Trinajstić information content (AvgIpc) is 2.01. The largest absolute Gasteiger partial charge is 0.328 e. The van der Waals surface area contributed by atoms with Crippen LogP contribution in [0.2, 0.25) is 0 Å². The van der Waals surface area contributed by atoms with Gasteiger partial charge in [0.1, 0.15) is 5.82 Å². The van der Waals surface area contributed by atoms with Crippen LogP contribution in [-0.4, -0.2) is 6.04 Å². The first-order valence-corrected chi connectivity index (χ1v) is 5.02. The zero-order valence-corrected chi connectivity index (χ0v) is 9.10. The molecule has 0 bridgehead atoms. The van der Waals surface area contributed by atoms with Crippen molar-refractivity contribution in [2.24, 2.45) is 5.73 Å². The summed E-state index contributed by atoms with van der Waals surface area (Å²) in [4.78, 5) is 0. The quantitative estimate of drug-likeness (QED) is 0.788. The monoisotopic (exact) mass is 195 g/mol. The highest BCUT2D eigenvalue weighted by Crippen LogP contribution is 2.17. The molecule has 0 aliphatic rings. The molecule has 0 aromatic heterocycles. The van der Waals surface area contributed by atoms with Crippen molar-refractivity contribution in [1.29, 1.82) is 0 Å². The first-order chi connectivity index (χ1) is 6.50. The molecule has 0 amide bonds. The van der Waals surface area contributed by atoms with Gasteiger partial charge in [-0.05, 0) is 56.4 Å². The molecular formula is C12H18FN. The van der Waals surface area contributed by atoms with Gasteiger partial charge in [0.2, 0.25) is 0 Å². The van der Waals surface area contributed by atoms with E-state index in [4.69, 9.17) is 5.73 Å². The van der Waals surface area contributed by atoms with Gasteiger partial charge >= 0.3 is 0 Å². The molecule has 0 fully saturated rings. The topological polar surface area (TPSA) is 26.0 Å². The van der Waals surface area contributed by atoms with E-state index < -0.39 is 0 Å². The Morgan fingerprint density at radius 3 is 2.50 bits per heavy atom. The lowest BCUT2D eigenvalue weighted by Gasteiger charge is -2.10. The molecule has 1 aromatic rings. The van der Waals surface area contributed by atoms with Crippen LogP contribution >= 0.6 is 0 Å². The highest BCUT2D eigenvalue weighted by atomic mass is 19.1. The summed E-state index contributed by atoms with van der Waals surface area (Å²) in [5, 5.41) is 0. The smallest absolute Gasteiger partial charge is 0.126 e. The van der Waals surface area contributed by atoms with Crippen LogP contribution in [0.1, 0.15) is 30.0 Å². The zero-order valence-electron chi connectivity index (χ0n) is 9.10. The molecule has 0 radical (unpaired) electrons. The van der Waals surface area contributed by atoms with Gasteiger partial charge in [0.25, 0.3) is 0 Å². The molecule has 0 saturated heterocycles.